The standard InChI is InChI=1S/C18H17N5O2/c1-13-11-17(20-10-8-15-6-2-3-9-19-15)22-18(21-13)14-5-4-7-16(12-14)23(24)25/h2-7,9,11-12H,8,10H2,1H3,(H,20,21,22). The highest BCUT2D eigenvalue weighted by molar-refractivity contribution is 5.61. The van der Waals surface area contributed by atoms with Crippen LogP contribution in [-0.2, 0) is 6.42 Å². The van der Waals surface area contributed by atoms with Crippen molar-refractivity contribution in [2.24, 2.45) is 0 Å². The van der Waals surface area contributed by atoms with E-state index < -0.39 is 4.92 Å². The van der Waals surface area contributed by atoms with Crippen LogP contribution >= 0.6 is 0 Å². The summed E-state index contributed by atoms with van der Waals surface area (Å²) in [5.74, 6) is 1.15. The third kappa shape index (κ3) is 4.35. The van der Waals surface area contributed by atoms with Crippen LogP contribution in [-0.4, -0.2) is 26.4 Å². The monoisotopic (exact) mass is 335 g/mol. The molecule has 0 saturated carbocycles. The maximum Gasteiger partial charge on any atom is 0.270 e. The number of nitrogens with zero attached hydrogens (tertiary/aromatic N) is 4. The zero-order valence-corrected chi connectivity index (χ0v) is 13.7. The van der Waals surface area contributed by atoms with Gasteiger partial charge in [0.05, 0.1) is 4.92 Å². The maximum atomic E-state index is 10.9. The fraction of sp³-hybridized carbons (Fsp3) is 0.167. The van der Waals surface area contributed by atoms with Crippen molar-refractivity contribution in [3.05, 3.63) is 76.2 Å². The molecule has 126 valence electrons. The van der Waals surface area contributed by atoms with Crippen LogP contribution in [0.2, 0.25) is 0 Å². The summed E-state index contributed by atoms with van der Waals surface area (Å²) in [4.78, 5) is 23.7. The summed E-state index contributed by atoms with van der Waals surface area (Å²) in [6.07, 6.45) is 2.54. The van der Waals surface area contributed by atoms with E-state index >= 15 is 0 Å². The molecule has 0 aliphatic carbocycles. The van der Waals surface area contributed by atoms with Crippen molar-refractivity contribution in [3.63, 3.8) is 0 Å². The van der Waals surface area contributed by atoms with Gasteiger partial charge in [-0.2, -0.15) is 0 Å². The van der Waals surface area contributed by atoms with E-state index in [1.165, 1.54) is 12.1 Å². The molecule has 0 unspecified atom stereocenters. The van der Waals surface area contributed by atoms with Crippen LogP contribution in [0.4, 0.5) is 11.5 Å². The SMILES string of the molecule is Cc1cc(NCCc2ccccn2)nc(-c2cccc([N+](=O)[O-])c2)n1. The Kier molecular flexibility index (Phi) is 4.94. The second kappa shape index (κ2) is 7.48. The van der Waals surface area contributed by atoms with Gasteiger partial charge in [0.1, 0.15) is 5.82 Å². The lowest BCUT2D eigenvalue weighted by atomic mass is 10.2. The topological polar surface area (TPSA) is 93.8 Å². The smallest absolute Gasteiger partial charge is 0.270 e. The van der Waals surface area contributed by atoms with Crippen LogP contribution in [0.1, 0.15) is 11.4 Å². The minimum Gasteiger partial charge on any atom is -0.370 e. The lowest BCUT2D eigenvalue weighted by molar-refractivity contribution is -0.384. The summed E-state index contributed by atoms with van der Waals surface area (Å²) >= 11 is 0. The molecule has 2 aromatic heterocycles. The second-order valence-corrected chi connectivity index (χ2v) is 5.52. The van der Waals surface area contributed by atoms with E-state index in [1.54, 1.807) is 18.3 Å². The van der Waals surface area contributed by atoms with Crippen LogP contribution in [0.5, 0.6) is 0 Å². The molecule has 0 radical (unpaired) electrons. The van der Waals surface area contributed by atoms with Gasteiger partial charge in [0.2, 0.25) is 0 Å². The number of nitro benzene ring substituents is 1. The highest BCUT2D eigenvalue weighted by Crippen LogP contribution is 2.22. The molecule has 7 nitrogen and oxygen atoms in total. The number of aromatic nitrogens is 3. The van der Waals surface area contributed by atoms with Crippen molar-refractivity contribution in [1.82, 2.24) is 15.0 Å². The fourth-order valence-corrected chi connectivity index (χ4v) is 2.41. The van der Waals surface area contributed by atoms with Gasteiger partial charge < -0.3 is 5.32 Å². The van der Waals surface area contributed by atoms with Gasteiger partial charge in [-0.25, -0.2) is 9.97 Å². The molecule has 1 aromatic carbocycles. The van der Waals surface area contributed by atoms with E-state index in [1.807, 2.05) is 31.2 Å². The predicted octanol–water partition coefficient (Wildman–Crippen LogP) is 3.41. The summed E-state index contributed by atoms with van der Waals surface area (Å²) in [5, 5.41) is 14.2. The minimum absolute atomic E-state index is 0.0206. The average Bonchev–Trinajstić information content (AvgIpc) is 2.62. The molecule has 0 amide bonds. The van der Waals surface area contributed by atoms with Crippen molar-refractivity contribution in [2.75, 3.05) is 11.9 Å². The van der Waals surface area contributed by atoms with Gasteiger partial charge in [-0.3, -0.25) is 15.1 Å². The number of anilines is 1. The van der Waals surface area contributed by atoms with E-state index in [2.05, 4.69) is 20.3 Å². The molecule has 3 rings (SSSR count). The van der Waals surface area contributed by atoms with Gasteiger partial charge in [0.15, 0.2) is 5.82 Å². The number of nitro groups is 1. The van der Waals surface area contributed by atoms with Crippen LogP contribution < -0.4 is 5.32 Å². The molecule has 2 heterocycles. The largest absolute Gasteiger partial charge is 0.370 e. The molecular weight excluding hydrogens is 318 g/mol. The van der Waals surface area contributed by atoms with Gasteiger partial charge in [-0.15, -0.1) is 0 Å². The van der Waals surface area contributed by atoms with Gasteiger partial charge in [0.25, 0.3) is 5.69 Å². The lowest BCUT2D eigenvalue weighted by Gasteiger charge is -2.08. The van der Waals surface area contributed by atoms with Crippen molar-refractivity contribution in [3.8, 4) is 11.4 Å². The van der Waals surface area contributed by atoms with Crippen molar-refractivity contribution < 1.29 is 4.92 Å². The molecule has 1 N–H and O–H groups in total. The molecule has 0 bridgehead atoms. The number of aryl methyl sites for hydroxylation is 1. The Hall–Kier alpha value is -3.35. The first kappa shape index (κ1) is 16.5. The normalized spacial score (nSPS) is 10.4. The molecule has 0 aliphatic heterocycles. The number of hydrogen-bond acceptors (Lipinski definition) is 6. The number of benzene rings is 1. The van der Waals surface area contributed by atoms with Crippen molar-refractivity contribution in [2.45, 2.75) is 13.3 Å². The van der Waals surface area contributed by atoms with Gasteiger partial charge in [0, 0.05) is 54.3 Å². The Balaban J connectivity index is 1.76. The van der Waals surface area contributed by atoms with Crippen LogP contribution in [0, 0.1) is 17.0 Å². The highest BCUT2D eigenvalue weighted by atomic mass is 16.6. The van der Waals surface area contributed by atoms with Crippen molar-refractivity contribution in [1.29, 1.82) is 0 Å². The molecule has 0 aliphatic rings. The first-order chi connectivity index (χ1) is 12.1. The molecule has 0 spiro atoms. The van der Waals surface area contributed by atoms with Gasteiger partial charge in [-0.05, 0) is 19.1 Å². The number of nitrogens with one attached hydrogen (secondary N) is 1. The molecule has 7 heteroatoms. The zero-order chi connectivity index (χ0) is 17.6. The maximum absolute atomic E-state index is 10.9. The summed E-state index contributed by atoms with van der Waals surface area (Å²) in [6, 6.07) is 14.0. The highest BCUT2D eigenvalue weighted by Gasteiger charge is 2.10. The van der Waals surface area contributed by atoms with Crippen LogP contribution in [0.25, 0.3) is 11.4 Å². The third-order valence-corrected chi connectivity index (χ3v) is 3.58. The predicted molar refractivity (Wildman–Crippen MR) is 95.3 cm³/mol. The Morgan fingerprint density at radius 1 is 1.12 bits per heavy atom. The second-order valence-electron chi connectivity index (χ2n) is 5.52. The first-order valence-electron chi connectivity index (χ1n) is 7.86. The Bertz CT molecular complexity index is 884. The Labute approximate surface area is 145 Å². The summed E-state index contributed by atoms with van der Waals surface area (Å²) < 4.78 is 0. The molecule has 0 atom stereocenters. The van der Waals surface area contributed by atoms with E-state index in [4.69, 9.17) is 0 Å². The molecule has 0 saturated heterocycles. The van der Waals surface area contributed by atoms with E-state index in [0.717, 1.165) is 17.8 Å². The number of rotatable bonds is 6. The van der Waals surface area contributed by atoms with Gasteiger partial charge >= 0.3 is 0 Å². The van der Waals surface area contributed by atoms with E-state index in [-0.39, 0.29) is 5.69 Å². The third-order valence-electron chi connectivity index (χ3n) is 3.58. The summed E-state index contributed by atoms with van der Waals surface area (Å²) in [5.41, 5.74) is 2.43. The number of non-ortho nitro benzene ring substituents is 1. The first-order valence-corrected chi connectivity index (χ1v) is 7.86. The number of pyridine rings is 1. The summed E-state index contributed by atoms with van der Waals surface area (Å²) in [6.45, 7) is 2.55. The number of hydrogen-bond donors (Lipinski definition) is 1. The van der Waals surface area contributed by atoms with Gasteiger partial charge in [-0.1, -0.05) is 18.2 Å². The molecule has 0 fully saturated rings. The minimum atomic E-state index is -0.425. The van der Waals surface area contributed by atoms with E-state index in [0.29, 0.717) is 23.8 Å². The van der Waals surface area contributed by atoms with Crippen LogP contribution in [0.3, 0.4) is 0 Å². The van der Waals surface area contributed by atoms with Crippen LogP contribution in [0.15, 0.2) is 54.7 Å². The Morgan fingerprint density at radius 3 is 2.76 bits per heavy atom. The molecular formula is C18H17N5O2. The van der Waals surface area contributed by atoms with Crippen molar-refractivity contribution >= 4 is 11.5 Å². The fourth-order valence-electron chi connectivity index (χ4n) is 2.41. The summed E-state index contributed by atoms with van der Waals surface area (Å²) in [7, 11) is 0. The molecule has 3 aromatic rings. The lowest BCUT2D eigenvalue weighted by Crippen LogP contribution is -2.08. The van der Waals surface area contributed by atoms with E-state index in [9.17, 15) is 10.1 Å². The molecule has 25 heavy (non-hydrogen) atoms. The zero-order valence-electron chi connectivity index (χ0n) is 13.7. The average molecular weight is 335 g/mol. The Morgan fingerprint density at radius 2 is 2.00 bits per heavy atom. The quantitative estimate of drug-likeness (QED) is 0.548.